The molecule has 1 aromatic carbocycles. The van der Waals surface area contributed by atoms with Crippen molar-refractivity contribution in [1.82, 2.24) is 0 Å². The third-order valence-electron chi connectivity index (χ3n) is 4.65. The highest BCUT2D eigenvalue weighted by atomic mass is 16.5. The molecular weight excluding hydrogens is 234 g/mol. The fourth-order valence-corrected chi connectivity index (χ4v) is 3.44. The summed E-state index contributed by atoms with van der Waals surface area (Å²) in [6.45, 7) is 3.17. The molecule has 0 amide bonds. The van der Waals surface area contributed by atoms with Crippen molar-refractivity contribution in [2.45, 2.75) is 63.5 Å². The third-order valence-corrected chi connectivity index (χ3v) is 4.65. The summed E-state index contributed by atoms with van der Waals surface area (Å²) in [7, 11) is 0. The lowest BCUT2D eigenvalue weighted by Crippen LogP contribution is -2.49. The molecule has 1 aliphatic heterocycles. The van der Waals surface area contributed by atoms with E-state index < -0.39 is 0 Å². The van der Waals surface area contributed by atoms with Crippen LogP contribution in [0.25, 0.3) is 0 Å². The molecule has 1 saturated carbocycles. The van der Waals surface area contributed by atoms with Crippen LogP contribution >= 0.6 is 0 Å². The Kier molecular flexibility index (Phi) is 3.79. The van der Waals surface area contributed by atoms with Gasteiger partial charge in [-0.2, -0.15) is 0 Å². The van der Waals surface area contributed by atoms with Gasteiger partial charge in [0.05, 0.1) is 5.60 Å². The highest BCUT2D eigenvalue weighted by Gasteiger charge is 2.42. The molecule has 1 spiro atoms. The first-order chi connectivity index (χ1) is 9.31. The van der Waals surface area contributed by atoms with E-state index in [1.807, 2.05) is 0 Å². The fraction of sp³-hybridized carbons (Fsp3) is 0.647. The quantitative estimate of drug-likeness (QED) is 0.877. The van der Waals surface area contributed by atoms with Gasteiger partial charge in [0.15, 0.2) is 0 Å². The zero-order valence-electron chi connectivity index (χ0n) is 12.0. The van der Waals surface area contributed by atoms with Crippen LogP contribution in [0.3, 0.4) is 0 Å². The topological polar surface area (TPSA) is 21.3 Å². The average Bonchev–Trinajstić information content (AvgIpc) is 2.40. The minimum atomic E-state index is 0.232. The van der Waals surface area contributed by atoms with E-state index in [2.05, 4.69) is 36.5 Å². The Balaban J connectivity index is 1.67. The van der Waals surface area contributed by atoms with Gasteiger partial charge in [0, 0.05) is 18.3 Å². The smallest absolute Gasteiger partial charge is 0.0702 e. The number of rotatable bonds is 4. The maximum Gasteiger partial charge on any atom is 0.0702 e. The van der Waals surface area contributed by atoms with Crippen molar-refractivity contribution in [2.75, 3.05) is 11.9 Å². The second-order valence-corrected chi connectivity index (χ2v) is 6.13. The summed E-state index contributed by atoms with van der Waals surface area (Å²) in [6.07, 6.45) is 8.58. The predicted molar refractivity (Wildman–Crippen MR) is 79.6 cm³/mol. The van der Waals surface area contributed by atoms with Crippen molar-refractivity contribution in [3.63, 3.8) is 0 Å². The van der Waals surface area contributed by atoms with Gasteiger partial charge in [-0.3, -0.25) is 0 Å². The molecule has 1 saturated heterocycles. The van der Waals surface area contributed by atoms with Crippen molar-refractivity contribution in [3.05, 3.63) is 29.8 Å². The molecule has 104 valence electrons. The van der Waals surface area contributed by atoms with Crippen LogP contribution in [0.5, 0.6) is 0 Å². The van der Waals surface area contributed by atoms with E-state index in [0.717, 1.165) is 19.4 Å². The van der Waals surface area contributed by atoms with Crippen LogP contribution in [0.2, 0.25) is 0 Å². The molecular formula is C17H25NO. The molecule has 1 atom stereocenters. The molecule has 3 rings (SSSR count). The van der Waals surface area contributed by atoms with E-state index in [9.17, 15) is 0 Å². The Bertz CT molecular complexity index is 425. The first-order valence-corrected chi connectivity index (χ1v) is 7.80. The van der Waals surface area contributed by atoms with E-state index in [4.69, 9.17) is 4.74 Å². The number of ether oxygens (including phenoxy) is 1. The molecule has 1 unspecified atom stereocenters. The Morgan fingerprint density at radius 1 is 1.32 bits per heavy atom. The number of nitrogens with one attached hydrogen (secondary N) is 1. The summed E-state index contributed by atoms with van der Waals surface area (Å²) in [4.78, 5) is 0. The molecule has 1 aliphatic carbocycles. The minimum Gasteiger partial charge on any atom is -0.382 e. The molecule has 1 N–H and O–H groups in total. The lowest BCUT2D eigenvalue weighted by atomic mass is 9.74. The van der Waals surface area contributed by atoms with Gasteiger partial charge in [0.2, 0.25) is 0 Å². The highest BCUT2D eigenvalue weighted by Crippen LogP contribution is 2.43. The summed E-state index contributed by atoms with van der Waals surface area (Å²) < 4.78 is 6.01. The SMILES string of the molecule is CCCc1ccccc1NC1CCOC2(CCC2)C1. The van der Waals surface area contributed by atoms with Crippen LogP contribution in [0, 0.1) is 0 Å². The fourth-order valence-electron chi connectivity index (χ4n) is 3.44. The van der Waals surface area contributed by atoms with Crippen molar-refractivity contribution in [3.8, 4) is 0 Å². The van der Waals surface area contributed by atoms with Crippen molar-refractivity contribution >= 4 is 5.69 Å². The zero-order chi connectivity index (χ0) is 13.1. The van der Waals surface area contributed by atoms with Crippen LogP contribution in [-0.2, 0) is 11.2 Å². The summed E-state index contributed by atoms with van der Waals surface area (Å²) in [5.41, 5.74) is 3.03. The number of hydrogen-bond acceptors (Lipinski definition) is 2. The van der Waals surface area contributed by atoms with Gasteiger partial charge in [-0.25, -0.2) is 0 Å². The molecule has 2 nitrogen and oxygen atoms in total. The third kappa shape index (κ3) is 2.79. The zero-order valence-corrected chi connectivity index (χ0v) is 12.0. The number of hydrogen-bond donors (Lipinski definition) is 1. The maximum absolute atomic E-state index is 6.01. The number of anilines is 1. The summed E-state index contributed by atoms with van der Waals surface area (Å²) >= 11 is 0. The van der Waals surface area contributed by atoms with Crippen molar-refractivity contribution in [2.24, 2.45) is 0 Å². The van der Waals surface area contributed by atoms with Crippen molar-refractivity contribution < 1.29 is 4.74 Å². The van der Waals surface area contributed by atoms with Crippen LogP contribution in [-0.4, -0.2) is 18.2 Å². The molecule has 2 fully saturated rings. The van der Waals surface area contributed by atoms with E-state index in [1.165, 1.54) is 43.4 Å². The van der Waals surface area contributed by atoms with E-state index in [1.54, 1.807) is 0 Å². The summed E-state index contributed by atoms with van der Waals surface area (Å²) in [6, 6.07) is 9.36. The highest BCUT2D eigenvalue weighted by molar-refractivity contribution is 5.52. The monoisotopic (exact) mass is 259 g/mol. The van der Waals surface area contributed by atoms with Gasteiger partial charge >= 0.3 is 0 Å². The molecule has 2 heteroatoms. The predicted octanol–water partition coefficient (Wildman–Crippen LogP) is 4.15. The van der Waals surface area contributed by atoms with E-state index >= 15 is 0 Å². The lowest BCUT2D eigenvalue weighted by Gasteiger charge is -2.47. The van der Waals surface area contributed by atoms with Gasteiger partial charge < -0.3 is 10.1 Å². The molecule has 0 bridgehead atoms. The maximum atomic E-state index is 6.01. The van der Waals surface area contributed by atoms with Crippen LogP contribution in [0.1, 0.15) is 51.0 Å². The van der Waals surface area contributed by atoms with Gasteiger partial charge in [-0.05, 0) is 50.2 Å². The second kappa shape index (κ2) is 5.54. The minimum absolute atomic E-state index is 0.232. The Morgan fingerprint density at radius 2 is 2.16 bits per heavy atom. The number of para-hydroxylation sites is 1. The van der Waals surface area contributed by atoms with E-state index in [-0.39, 0.29) is 5.60 Å². The largest absolute Gasteiger partial charge is 0.382 e. The standard InChI is InChI=1S/C17H25NO/c1-2-6-14-7-3-4-8-16(14)18-15-9-12-19-17(13-15)10-5-11-17/h3-4,7-8,15,18H,2,5-6,9-13H2,1H3. The number of aryl methyl sites for hydroxylation is 1. The van der Waals surface area contributed by atoms with Gasteiger partial charge in [0.1, 0.15) is 0 Å². The molecule has 19 heavy (non-hydrogen) atoms. The summed E-state index contributed by atoms with van der Waals surface area (Å²) in [5, 5.41) is 3.78. The molecule has 1 aromatic rings. The molecule has 2 aliphatic rings. The van der Waals surface area contributed by atoms with Crippen LogP contribution in [0.15, 0.2) is 24.3 Å². The number of benzene rings is 1. The first kappa shape index (κ1) is 13.0. The van der Waals surface area contributed by atoms with E-state index in [0.29, 0.717) is 6.04 Å². The Hall–Kier alpha value is -1.02. The average molecular weight is 259 g/mol. The lowest BCUT2D eigenvalue weighted by molar-refractivity contribution is -0.130. The van der Waals surface area contributed by atoms with Gasteiger partial charge in [-0.15, -0.1) is 0 Å². The Morgan fingerprint density at radius 3 is 2.89 bits per heavy atom. The second-order valence-electron chi connectivity index (χ2n) is 6.13. The van der Waals surface area contributed by atoms with Gasteiger partial charge in [0.25, 0.3) is 0 Å². The summed E-state index contributed by atoms with van der Waals surface area (Å²) in [5.74, 6) is 0. The first-order valence-electron chi connectivity index (χ1n) is 7.80. The van der Waals surface area contributed by atoms with Crippen LogP contribution < -0.4 is 5.32 Å². The van der Waals surface area contributed by atoms with Gasteiger partial charge in [-0.1, -0.05) is 31.5 Å². The normalized spacial score (nSPS) is 25.0. The Labute approximate surface area is 116 Å². The molecule has 0 radical (unpaired) electrons. The molecule has 1 heterocycles. The van der Waals surface area contributed by atoms with Crippen LogP contribution in [0.4, 0.5) is 5.69 Å². The van der Waals surface area contributed by atoms with Crippen molar-refractivity contribution in [1.29, 1.82) is 0 Å². The molecule has 0 aromatic heterocycles.